The van der Waals surface area contributed by atoms with Gasteiger partial charge in [0.1, 0.15) is 4.60 Å². The Kier molecular flexibility index (Phi) is 3.01. The molecule has 88 valence electrons. The Balaban J connectivity index is 2.18. The summed E-state index contributed by atoms with van der Waals surface area (Å²) in [4.78, 5) is 4.01. The van der Waals surface area contributed by atoms with E-state index in [9.17, 15) is 13.9 Å². The van der Waals surface area contributed by atoms with Gasteiger partial charge in [-0.15, -0.1) is 0 Å². The van der Waals surface area contributed by atoms with E-state index in [0.717, 1.165) is 0 Å². The maximum absolute atomic E-state index is 13.0. The van der Waals surface area contributed by atoms with Gasteiger partial charge in [-0.25, -0.2) is 13.8 Å². The van der Waals surface area contributed by atoms with Gasteiger partial charge in [0.05, 0.1) is 5.60 Å². The first-order valence-corrected chi connectivity index (χ1v) is 5.93. The highest BCUT2D eigenvalue weighted by molar-refractivity contribution is 9.10. The van der Waals surface area contributed by atoms with Gasteiger partial charge in [0.25, 0.3) is 0 Å². The smallest absolute Gasteiger partial charge is 0.248 e. The van der Waals surface area contributed by atoms with Crippen molar-refractivity contribution in [1.82, 2.24) is 4.98 Å². The summed E-state index contributed by atoms with van der Waals surface area (Å²) < 4.78 is 26.7. The van der Waals surface area contributed by atoms with Gasteiger partial charge in [0.2, 0.25) is 5.92 Å². The third-order valence-corrected chi connectivity index (χ3v) is 3.54. The summed E-state index contributed by atoms with van der Waals surface area (Å²) in [6.45, 7) is 0. The van der Waals surface area contributed by atoms with Gasteiger partial charge < -0.3 is 5.11 Å². The Morgan fingerprint density at radius 1 is 1.19 bits per heavy atom. The predicted octanol–water partition coefficient (Wildman–Crippen LogP) is 3.24. The van der Waals surface area contributed by atoms with Crippen molar-refractivity contribution in [2.24, 2.45) is 0 Å². The molecule has 0 saturated heterocycles. The van der Waals surface area contributed by atoms with Crippen molar-refractivity contribution in [2.75, 3.05) is 0 Å². The third kappa shape index (κ3) is 2.40. The highest BCUT2D eigenvalue weighted by Crippen LogP contribution is 2.43. The molecule has 0 unspecified atom stereocenters. The standard InChI is InChI=1S/C11H12BrF2NO/c12-9-2-1-8(7-15-9)10(16)3-5-11(13,14)6-4-10/h1-2,7,16H,3-6H2. The largest absolute Gasteiger partial charge is 0.385 e. The number of aliphatic hydroxyl groups is 1. The van der Waals surface area contributed by atoms with E-state index in [1.54, 1.807) is 12.1 Å². The molecule has 0 aromatic carbocycles. The molecule has 1 saturated carbocycles. The van der Waals surface area contributed by atoms with E-state index in [-0.39, 0.29) is 25.7 Å². The molecule has 1 aromatic rings. The van der Waals surface area contributed by atoms with E-state index in [4.69, 9.17) is 0 Å². The number of nitrogens with zero attached hydrogens (tertiary/aromatic N) is 1. The lowest BCUT2D eigenvalue weighted by Gasteiger charge is -2.36. The Bertz CT molecular complexity index is 370. The van der Waals surface area contributed by atoms with Crippen LogP contribution in [0.2, 0.25) is 0 Å². The SMILES string of the molecule is OC1(c2ccc(Br)nc2)CCC(F)(F)CC1. The zero-order valence-electron chi connectivity index (χ0n) is 8.59. The summed E-state index contributed by atoms with van der Waals surface area (Å²) in [6.07, 6.45) is 1.18. The molecule has 0 atom stereocenters. The molecule has 1 N–H and O–H groups in total. The van der Waals surface area contributed by atoms with E-state index < -0.39 is 11.5 Å². The lowest BCUT2D eigenvalue weighted by atomic mass is 9.79. The third-order valence-electron chi connectivity index (χ3n) is 3.07. The van der Waals surface area contributed by atoms with Crippen LogP contribution in [0.25, 0.3) is 0 Å². The van der Waals surface area contributed by atoms with Crippen LogP contribution in [0.3, 0.4) is 0 Å². The van der Waals surface area contributed by atoms with Gasteiger partial charge >= 0.3 is 0 Å². The fourth-order valence-corrected chi connectivity index (χ4v) is 2.20. The van der Waals surface area contributed by atoms with Gasteiger partial charge in [-0.05, 0) is 34.8 Å². The molecule has 0 spiro atoms. The first kappa shape index (κ1) is 11.9. The molecule has 1 aromatic heterocycles. The first-order chi connectivity index (χ1) is 7.41. The van der Waals surface area contributed by atoms with Crippen molar-refractivity contribution < 1.29 is 13.9 Å². The van der Waals surface area contributed by atoms with Gasteiger partial charge in [-0.1, -0.05) is 6.07 Å². The maximum atomic E-state index is 13.0. The molecule has 0 radical (unpaired) electrons. The van der Waals surface area contributed by atoms with Crippen LogP contribution in [0.5, 0.6) is 0 Å². The first-order valence-electron chi connectivity index (χ1n) is 5.14. The molecule has 2 nitrogen and oxygen atoms in total. The minimum absolute atomic E-state index is 0.0866. The summed E-state index contributed by atoms with van der Waals surface area (Å²) in [5.74, 6) is -2.63. The Hall–Kier alpha value is -0.550. The second-order valence-corrected chi connectivity index (χ2v) is 5.07. The lowest BCUT2D eigenvalue weighted by molar-refractivity contribution is -0.107. The summed E-state index contributed by atoms with van der Waals surface area (Å²) in [5, 5.41) is 10.3. The molecule has 1 aliphatic rings. The molecule has 5 heteroatoms. The quantitative estimate of drug-likeness (QED) is 0.806. The zero-order valence-corrected chi connectivity index (χ0v) is 10.2. The fraction of sp³-hybridized carbons (Fsp3) is 0.545. The minimum Gasteiger partial charge on any atom is -0.385 e. The second kappa shape index (κ2) is 4.04. The molecule has 16 heavy (non-hydrogen) atoms. The van der Waals surface area contributed by atoms with Gasteiger partial charge in [0.15, 0.2) is 0 Å². The monoisotopic (exact) mass is 291 g/mol. The highest BCUT2D eigenvalue weighted by Gasteiger charge is 2.43. The highest BCUT2D eigenvalue weighted by atomic mass is 79.9. The van der Waals surface area contributed by atoms with E-state index >= 15 is 0 Å². The topological polar surface area (TPSA) is 33.1 Å². The van der Waals surface area contributed by atoms with E-state index in [1.165, 1.54) is 6.20 Å². The Morgan fingerprint density at radius 3 is 2.31 bits per heavy atom. The second-order valence-electron chi connectivity index (χ2n) is 4.26. The van der Waals surface area contributed by atoms with Gasteiger partial charge in [-0.3, -0.25) is 0 Å². The molecule has 1 aliphatic carbocycles. The van der Waals surface area contributed by atoms with Crippen LogP contribution in [-0.2, 0) is 5.60 Å². The Morgan fingerprint density at radius 2 is 1.81 bits per heavy atom. The number of hydrogen-bond donors (Lipinski definition) is 1. The number of alkyl halides is 2. The number of aromatic nitrogens is 1. The lowest BCUT2D eigenvalue weighted by Crippen LogP contribution is -2.36. The van der Waals surface area contributed by atoms with Gasteiger partial charge in [0, 0.05) is 24.6 Å². The fourth-order valence-electron chi connectivity index (χ4n) is 1.97. The van der Waals surface area contributed by atoms with Crippen LogP contribution in [-0.4, -0.2) is 16.0 Å². The van der Waals surface area contributed by atoms with Crippen LogP contribution < -0.4 is 0 Å². The van der Waals surface area contributed by atoms with Crippen LogP contribution in [0.1, 0.15) is 31.2 Å². The van der Waals surface area contributed by atoms with Crippen LogP contribution in [0.4, 0.5) is 8.78 Å². The summed E-state index contributed by atoms with van der Waals surface area (Å²) in [7, 11) is 0. The van der Waals surface area contributed by atoms with Crippen molar-refractivity contribution >= 4 is 15.9 Å². The summed E-state index contributed by atoms with van der Waals surface area (Å²) in [5.41, 5.74) is -0.527. The average molecular weight is 292 g/mol. The number of halogens is 3. The van der Waals surface area contributed by atoms with Crippen LogP contribution >= 0.6 is 15.9 Å². The molecule has 0 amide bonds. The van der Waals surface area contributed by atoms with Crippen molar-refractivity contribution in [2.45, 2.75) is 37.2 Å². The van der Waals surface area contributed by atoms with Gasteiger partial charge in [-0.2, -0.15) is 0 Å². The van der Waals surface area contributed by atoms with Crippen molar-refractivity contribution in [3.8, 4) is 0 Å². The minimum atomic E-state index is -2.63. The molecule has 1 heterocycles. The van der Waals surface area contributed by atoms with Crippen molar-refractivity contribution in [3.63, 3.8) is 0 Å². The molecular weight excluding hydrogens is 280 g/mol. The average Bonchev–Trinajstić information content (AvgIpc) is 2.24. The normalized spacial score (nSPS) is 23.0. The summed E-state index contributed by atoms with van der Waals surface area (Å²) in [6, 6.07) is 3.43. The van der Waals surface area contributed by atoms with E-state index in [1.807, 2.05) is 0 Å². The zero-order chi connectivity index (χ0) is 11.8. The van der Waals surface area contributed by atoms with Crippen LogP contribution in [0.15, 0.2) is 22.9 Å². The van der Waals surface area contributed by atoms with Crippen molar-refractivity contribution in [3.05, 3.63) is 28.5 Å². The molecule has 0 bridgehead atoms. The summed E-state index contributed by atoms with van der Waals surface area (Å²) >= 11 is 3.19. The Labute approximate surface area is 101 Å². The number of pyridine rings is 1. The molecule has 1 fully saturated rings. The molecular formula is C11H12BrF2NO. The molecule has 2 rings (SSSR count). The van der Waals surface area contributed by atoms with E-state index in [0.29, 0.717) is 10.2 Å². The van der Waals surface area contributed by atoms with Crippen LogP contribution in [0, 0.1) is 0 Å². The van der Waals surface area contributed by atoms with Crippen molar-refractivity contribution in [1.29, 1.82) is 0 Å². The number of hydrogen-bond acceptors (Lipinski definition) is 2. The maximum Gasteiger partial charge on any atom is 0.248 e. The predicted molar refractivity (Wildman–Crippen MR) is 59.2 cm³/mol. The number of rotatable bonds is 1. The molecule has 0 aliphatic heterocycles. The van der Waals surface area contributed by atoms with E-state index in [2.05, 4.69) is 20.9 Å².